The molecular formula is C12H17FN2. The summed E-state index contributed by atoms with van der Waals surface area (Å²) in [6.45, 7) is 2.79. The normalized spacial score (nSPS) is 25.7. The van der Waals surface area contributed by atoms with E-state index < -0.39 is 0 Å². The maximum atomic E-state index is 13.3. The average molecular weight is 208 g/mol. The number of rotatable bonds is 3. The summed E-state index contributed by atoms with van der Waals surface area (Å²) < 4.78 is 13.3. The van der Waals surface area contributed by atoms with Gasteiger partial charge in [-0.15, -0.1) is 0 Å². The van der Waals surface area contributed by atoms with E-state index in [0.717, 1.165) is 0 Å². The van der Waals surface area contributed by atoms with Gasteiger partial charge in [0.15, 0.2) is 0 Å². The second kappa shape index (κ2) is 4.71. The Morgan fingerprint density at radius 2 is 2.40 bits per heavy atom. The topological polar surface area (TPSA) is 24.9 Å². The van der Waals surface area contributed by atoms with Gasteiger partial charge in [-0.2, -0.15) is 0 Å². The van der Waals surface area contributed by atoms with E-state index >= 15 is 0 Å². The minimum absolute atomic E-state index is 0.212. The monoisotopic (exact) mass is 208 g/mol. The van der Waals surface area contributed by atoms with Gasteiger partial charge in [0, 0.05) is 18.8 Å². The first-order valence-electron chi connectivity index (χ1n) is 5.60. The van der Waals surface area contributed by atoms with Gasteiger partial charge in [-0.3, -0.25) is 4.98 Å². The molecule has 1 fully saturated rings. The van der Waals surface area contributed by atoms with Gasteiger partial charge in [-0.25, -0.2) is 4.39 Å². The Morgan fingerprint density at radius 3 is 3.07 bits per heavy atom. The van der Waals surface area contributed by atoms with Crippen LogP contribution in [0.25, 0.3) is 0 Å². The molecule has 1 heterocycles. The lowest BCUT2D eigenvalue weighted by Crippen LogP contribution is -2.31. The van der Waals surface area contributed by atoms with Crippen molar-refractivity contribution in [2.45, 2.75) is 38.8 Å². The van der Waals surface area contributed by atoms with Crippen molar-refractivity contribution >= 4 is 0 Å². The number of hydrogen-bond acceptors (Lipinski definition) is 2. The fraction of sp³-hybridized carbons (Fsp3) is 0.583. The highest BCUT2D eigenvalue weighted by Gasteiger charge is 2.22. The molecule has 0 aromatic carbocycles. The van der Waals surface area contributed by atoms with Crippen molar-refractivity contribution in [2.24, 2.45) is 5.92 Å². The quantitative estimate of drug-likeness (QED) is 0.825. The summed E-state index contributed by atoms with van der Waals surface area (Å²) in [4.78, 5) is 4.03. The van der Waals surface area contributed by atoms with Crippen LogP contribution in [-0.2, 0) is 6.54 Å². The smallest absolute Gasteiger partial charge is 0.146 e. The maximum absolute atomic E-state index is 13.3. The third-order valence-electron chi connectivity index (χ3n) is 3.23. The SMILES string of the molecule is CC1CCCC1NCc1ncccc1F. The van der Waals surface area contributed by atoms with E-state index in [1.807, 2.05) is 0 Å². The van der Waals surface area contributed by atoms with Gasteiger partial charge in [0.25, 0.3) is 0 Å². The highest BCUT2D eigenvalue weighted by molar-refractivity contribution is 5.06. The number of nitrogens with zero attached hydrogens (tertiary/aromatic N) is 1. The predicted molar refractivity (Wildman–Crippen MR) is 57.8 cm³/mol. The molecule has 2 rings (SSSR count). The fourth-order valence-electron chi connectivity index (χ4n) is 2.22. The van der Waals surface area contributed by atoms with Crippen LogP contribution in [0.2, 0.25) is 0 Å². The first kappa shape index (κ1) is 10.6. The van der Waals surface area contributed by atoms with Crippen molar-refractivity contribution in [3.63, 3.8) is 0 Å². The summed E-state index contributed by atoms with van der Waals surface area (Å²) in [5, 5.41) is 3.39. The summed E-state index contributed by atoms with van der Waals surface area (Å²) in [5.41, 5.74) is 0.525. The van der Waals surface area contributed by atoms with Crippen molar-refractivity contribution in [1.82, 2.24) is 10.3 Å². The zero-order valence-corrected chi connectivity index (χ0v) is 9.04. The largest absolute Gasteiger partial charge is 0.308 e. The molecular weight excluding hydrogens is 191 g/mol. The van der Waals surface area contributed by atoms with E-state index in [9.17, 15) is 4.39 Å². The van der Waals surface area contributed by atoms with Gasteiger partial charge in [0.1, 0.15) is 5.82 Å². The van der Waals surface area contributed by atoms with E-state index in [0.29, 0.717) is 24.2 Å². The third-order valence-corrected chi connectivity index (χ3v) is 3.23. The predicted octanol–water partition coefficient (Wildman–Crippen LogP) is 2.50. The molecule has 0 radical (unpaired) electrons. The number of nitrogens with one attached hydrogen (secondary N) is 1. The van der Waals surface area contributed by atoms with Crippen LogP contribution in [0.3, 0.4) is 0 Å². The highest BCUT2D eigenvalue weighted by Crippen LogP contribution is 2.24. The molecule has 2 unspecified atom stereocenters. The Balaban J connectivity index is 1.90. The lowest BCUT2D eigenvalue weighted by Gasteiger charge is -2.16. The first-order chi connectivity index (χ1) is 7.27. The van der Waals surface area contributed by atoms with Crippen LogP contribution in [-0.4, -0.2) is 11.0 Å². The molecule has 2 nitrogen and oxygen atoms in total. The summed E-state index contributed by atoms with van der Waals surface area (Å²) in [6.07, 6.45) is 5.40. The van der Waals surface area contributed by atoms with Crippen LogP contribution in [0.4, 0.5) is 4.39 Å². The zero-order chi connectivity index (χ0) is 10.7. The Bertz CT molecular complexity index is 327. The lowest BCUT2D eigenvalue weighted by molar-refractivity contribution is 0.418. The van der Waals surface area contributed by atoms with Crippen LogP contribution in [0.5, 0.6) is 0 Å². The van der Waals surface area contributed by atoms with Gasteiger partial charge >= 0.3 is 0 Å². The highest BCUT2D eigenvalue weighted by atomic mass is 19.1. The Labute approximate surface area is 89.9 Å². The van der Waals surface area contributed by atoms with Crippen molar-refractivity contribution < 1.29 is 4.39 Å². The molecule has 0 aliphatic heterocycles. The summed E-state index contributed by atoms with van der Waals surface area (Å²) in [6, 6.07) is 3.62. The molecule has 0 amide bonds. The summed E-state index contributed by atoms with van der Waals surface area (Å²) >= 11 is 0. The molecule has 1 saturated carbocycles. The Morgan fingerprint density at radius 1 is 1.53 bits per heavy atom. The van der Waals surface area contributed by atoms with Crippen LogP contribution < -0.4 is 5.32 Å². The van der Waals surface area contributed by atoms with Gasteiger partial charge < -0.3 is 5.32 Å². The van der Waals surface area contributed by atoms with Crippen LogP contribution in [0.1, 0.15) is 31.9 Å². The number of pyridine rings is 1. The summed E-state index contributed by atoms with van der Waals surface area (Å²) in [7, 11) is 0. The molecule has 1 aromatic heterocycles. The molecule has 0 spiro atoms. The number of aromatic nitrogens is 1. The average Bonchev–Trinajstić information content (AvgIpc) is 2.63. The van der Waals surface area contributed by atoms with Crippen molar-refractivity contribution in [3.05, 3.63) is 29.8 Å². The van der Waals surface area contributed by atoms with E-state index in [-0.39, 0.29) is 5.82 Å². The van der Waals surface area contributed by atoms with Crippen LogP contribution >= 0.6 is 0 Å². The number of halogens is 1. The molecule has 1 aliphatic rings. The molecule has 1 N–H and O–H groups in total. The molecule has 15 heavy (non-hydrogen) atoms. The van der Waals surface area contributed by atoms with Gasteiger partial charge in [0.05, 0.1) is 5.69 Å². The summed E-state index contributed by atoms with van der Waals surface area (Å²) in [5.74, 6) is 0.493. The first-order valence-corrected chi connectivity index (χ1v) is 5.60. The van der Waals surface area contributed by atoms with E-state index in [1.54, 1.807) is 12.3 Å². The Hall–Kier alpha value is -0.960. The van der Waals surface area contributed by atoms with Gasteiger partial charge in [-0.05, 0) is 30.9 Å². The third kappa shape index (κ3) is 2.53. The molecule has 1 aromatic rings. The standard InChI is InChI=1S/C12H17FN2/c1-9-4-2-6-11(9)15-8-12-10(13)5-3-7-14-12/h3,5,7,9,11,15H,2,4,6,8H2,1H3. The molecule has 2 atom stereocenters. The second-order valence-electron chi connectivity index (χ2n) is 4.33. The van der Waals surface area contributed by atoms with Crippen molar-refractivity contribution in [3.8, 4) is 0 Å². The maximum Gasteiger partial charge on any atom is 0.146 e. The lowest BCUT2D eigenvalue weighted by atomic mass is 10.1. The van der Waals surface area contributed by atoms with Crippen molar-refractivity contribution in [2.75, 3.05) is 0 Å². The number of hydrogen-bond donors (Lipinski definition) is 1. The zero-order valence-electron chi connectivity index (χ0n) is 9.04. The van der Waals surface area contributed by atoms with E-state index in [2.05, 4.69) is 17.2 Å². The molecule has 3 heteroatoms. The van der Waals surface area contributed by atoms with E-state index in [1.165, 1.54) is 25.3 Å². The van der Waals surface area contributed by atoms with Crippen molar-refractivity contribution in [1.29, 1.82) is 0 Å². The fourth-order valence-corrected chi connectivity index (χ4v) is 2.22. The van der Waals surface area contributed by atoms with Crippen LogP contribution in [0, 0.1) is 11.7 Å². The molecule has 0 saturated heterocycles. The Kier molecular flexibility index (Phi) is 3.31. The minimum atomic E-state index is -0.212. The molecule has 82 valence electrons. The van der Waals surface area contributed by atoms with Gasteiger partial charge in [-0.1, -0.05) is 13.3 Å². The second-order valence-corrected chi connectivity index (χ2v) is 4.33. The molecule has 0 bridgehead atoms. The van der Waals surface area contributed by atoms with Crippen LogP contribution in [0.15, 0.2) is 18.3 Å². The van der Waals surface area contributed by atoms with E-state index in [4.69, 9.17) is 0 Å². The minimum Gasteiger partial charge on any atom is -0.308 e. The van der Waals surface area contributed by atoms with Gasteiger partial charge in [0.2, 0.25) is 0 Å². The molecule has 1 aliphatic carbocycles.